The highest BCUT2D eigenvalue weighted by Crippen LogP contribution is 2.15. The summed E-state index contributed by atoms with van der Waals surface area (Å²) in [5, 5.41) is 8.96. The molecule has 10 heavy (non-hydrogen) atoms. The maximum absolute atomic E-state index is 8.96. The molecule has 2 unspecified atom stereocenters. The Balaban J connectivity index is 2.52. The van der Waals surface area contributed by atoms with E-state index in [4.69, 9.17) is 5.11 Å². The maximum Gasteiger partial charge on any atom is 0.111 e. The van der Waals surface area contributed by atoms with Crippen LogP contribution in [-0.4, -0.2) is 11.1 Å². The van der Waals surface area contributed by atoms with Crippen LogP contribution in [-0.2, 0) is 0 Å². The van der Waals surface area contributed by atoms with Crippen molar-refractivity contribution in [3.8, 4) is 0 Å². The second-order valence-corrected chi connectivity index (χ2v) is 2.86. The van der Waals surface area contributed by atoms with Crippen LogP contribution in [0.25, 0.3) is 0 Å². The molecule has 0 heterocycles. The van der Waals surface area contributed by atoms with E-state index in [-0.39, 0.29) is 0 Å². The maximum atomic E-state index is 8.96. The SMILES string of the molecule is CC([NH3+])C1C=CC(O)=CC1. The zero-order valence-corrected chi connectivity index (χ0v) is 6.25. The summed E-state index contributed by atoms with van der Waals surface area (Å²) in [6.07, 6.45) is 6.53. The number of aliphatic hydroxyl groups excluding tert-OH is 1. The van der Waals surface area contributed by atoms with Crippen molar-refractivity contribution >= 4 is 0 Å². The molecule has 0 fully saturated rings. The topological polar surface area (TPSA) is 47.9 Å². The average Bonchev–Trinajstić information content (AvgIpc) is 1.88. The van der Waals surface area contributed by atoms with Crippen LogP contribution in [0.1, 0.15) is 13.3 Å². The molecule has 0 aromatic carbocycles. The zero-order valence-electron chi connectivity index (χ0n) is 6.25. The van der Waals surface area contributed by atoms with E-state index in [0.717, 1.165) is 6.42 Å². The Hall–Kier alpha value is -0.760. The fourth-order valence-corrected chi connectivity index (χ4v) is 1.05. The molecule has 2 atom stereocenters. The van der Waals surface area contributed by atoms with Gasteiger partial charge in [-0.2, -0.15) is 0 Å². The minimum atomic E-state index is 0.386. The average molecular weight is 140 g/mol. The molecular weight excluding hydrogens is 126 g/mol. The first-order valence-electron chi connectivity index (χ1n) is 3.60. The minimum absolute atomic E-state index is 0.386. The highest BCUT2D eigenvalue weighted by Gasteiger charge is 2.14. The molecule has 0 radical (unpaired) electrons. The molecule has 0 aromatic rings. The van der Waals surface area contributed by atoms with Gasteiger partial charge in [0.25, 0.3) is 0 Å². The van der Waals surface area contributed by atoms with Crippen molar-refractivity contribution in [2.75, 3.05) is 0 Å². The summed E-state index contributed by atoms with van der Waals surface area (Å²) in [6, 6.07) is 0.431. The van der Waals surface area contributed by atoms with Crippen LogP contribution < -0.4 is 5.73 Å². The first kappa shape index (κ1) is 7.35. The molecule has 1 aliphatic carbocycles. The van der Waals surface area contributed by atoms with Crippen LogP contribution in [0.5, 0.6) is 0 Å². The number of allylic oxidation sites excluding steroid dienone is 2. The smallest absolute Gasteiger partial charge is 0.111 e. The normalized spacial score (nSPS) is 27.8. The predicted molar refractivity (Wildman–Crippen MR) is 40.3 cm³/mol. The number of hydrogen-bond acceptors (Lipinski definition) is 1. The van der Waals surface area contributed by atoms with Crippen LogP contribution in [0.15, 0.2) is 24.0 Å². The van der Waals surface area contributed by atoms with Crippen molar-refractivity contribution < 1.29 is 10.8 Å². The van der Waals surface area contributed by atoms with Crippen LogP contribution in [0.4, 0.5) is 0 Å². The lowest BCUT2D eigenvalue weighted by atomic mass is 9.94. The van der Waals surface area contributed by atoms with Gasteiger partial charge in [-0.15, -0.1) is 0 Å². The molecule has 4 N–H and O–H groups in total. The van der Waals surface area contributed by atoms with Crippen LogP contribution in [0, 0.1) is 5.92 Å². The molecular formula is C8H14NO+. The molecule has 1 aliphatic rings. The van der Waals surface area contributed by atoms with Gasteiger partial charge in [-0.05, 0) is 25.5 Å². The number of aliphatic hydroxyl groups is 1. The van der Waals surface area contributed by atoms with E-state index >= 15 is 0 Å². The number of rotatable bonds is 1. The Labute approximate surface area is 61.0 Å². The molecule has 0 saturated heterocycles. The van der Waals surface area contributed by atoms with Gasteiger partial charge in [0.05, 0.1) is 6.04 Å². The molecule has 0 amide bonds. The standard InChI is InChI=1S/C8H13NO/c1-6(9)7-2-4-8(10)5-3-7/h2,4-7,10H,3,9H2,1H3/p+1. The van der Waals surface area contributed by atoms with Gasteiger partial charge in [0.1, 0.15) is 5.76 Å². The van der Waals surface area contributed by atoms with Crippen molar-refractivity contribution in [1.29, 1.82) is 0 Å². The van der Waals surface area contributed by atoms with Gasteiger partial charge in [-0.25, -0.2) is 0 Å². The first-order chi connectivity index (χ1) is 4.70. The van der Waals surface area contributed by atoms with Gasteiger partial charge >= 0.3 is 0 Å². The second-order valence-electron chi connectivity index (χ2n) is 2.86. The molecule has 1 rings (SSSR count). The van der Waals surface area contributed by atoms with Gasteiger partial charge in [0.15, 0.2) is 0 Å². The Morgan fingerprint density at radius 1 is 1.80 bits per heavy atom. The van der Waals surface area contributed by atoms with E-state index in [0.29, 0.717) is 17.7 Å². The Kier molecular flexibility index (Phi) is 2.12. The van der Waals surface area contributed by atoms with Gasteiger partial charge in [0, 0.05) is 5.92 Å². The van der Waals surface area contributed by atoms with Gasteiger partial charge in [-0.3, -0.25) is 0 Å². The van der Waals surface area contributed by atoms with Crippen LogP contribution >= 0.6 is 0 Å². The van der Waals surface area contributed by atoms with Gasteiger partial charge in [0.2, 0.25) is 0 Å². The monoisotopic (exact) mass is 140 g/mol. The predicted octanol–water partition coefficient (Wildman–Crippen LogP) is 0.635. The molecule has 0 spiro atoms. The highest BCUT2D eigenvalue weighted by atomic mass is 16.3. The summed E-state index contributed by atoms with van der Waals surface area (Å²) in [6.45, 7) is 2.09. The van der Waals surface area contributed by atoms with Gasteiger partial charge < -0.3 is 10.8 Å². The zero-order chi connectivity index (χ0) is 7.56. The number of hydrogen-bond donors (Lipinski definition) is 2. The molecule has 0 aromatic heterocycles. The minimum Gasteiger partial charge on any atom is -0.508 e. The molecule has 0 aliphatic heterocycles. The first-order valence-corrected chi connectivity index (χ1v) is 3.60. The quantitative estimate of drug-likeness (QED) is 0.551. The van der Waals surface area contributed by atoms with Crippen molar-refractivity contribution in [2.45, 2.75) is 19.4 Å². The molecule has 0 bridgehead atoms. The van der Waals surface area contributed by atoms with Crippen LogP contribution in [0.2, 0.25) is 0 Å². The summed E-state index contributed by atoms with van der Waals surface area (Å²) in [7, 11) is 0. The Bertz CT molecular complexity index is 170. The van der Waals surface area contributed by atoms with E-state index in [1.807, 2.05) is 12.2 Å². The van der Waals surface area contributed by atoms with Crippen molar-refractivity contribution in [1.82, 2.24) is 0 Å². The molecule has 2 nitrogen and oxygen atoms in total. The highest BCUT2D eigenvalue weighted by molar-refractivity contribution is 5.17. The van der Waals surface area contributed by atoms with Crippen LogP contribution in [0.3, 0.4) is 0 Å². The molecule has 56 valence electrons. The fourth-order valence-electron chi connectivity index (χ4n) is 1.05. The van der Waals surface area contributed by atoms with E-state index in [1.165, 1.54) is 0 Å². The summed E-state index contributed by atoms with van der Waals surface area (Å²) in [4.78, 5) is 0. The largest absolute Gasteiger partial charge is 0.508 e. The van der Waals surface area contributed by atoms with E-state index in [9.17, 15) is 0 Å². The summed E-state index contributed by atoms with van der Waals surface area (Å²) < 4.78 is 0. The molecule has 2 heteroatoms. The third kappa shape index (κ3) is 1.61. The fraction of sp³-hybridized carbons (Fsp3) is 0.500. The van der Waals surface area contributed by atoms with Crippen molar-refractivity contribution in [2.24, 2.45) is 5.92 Å². The third-order valence-electron chi connectivity index (χ3n) is 1.84. The lowest BCUT2D eigenvalue weighted by Crippen LogP contribution is -2.62. The van der Waals surface area contributed by atoms with E-state index in [1.54, 1.807) is 6.08 Å². The van der Waals surface area contributed by atoms with Gasteiger partial charge in [-0.1, -0.05) is 6.08 Å². The summed E-state index contributed by atoms with van der Waals surface area (Å²) in [5.41, 5.74) is 3.93. The number of quaternary nitrogens is 1. The summed E-state index contributed by atoms with van der Waals surface area (Å²) >= 11 is 0. The third-order valence-corrected chi connectivity index (χ3v) is 1.84. The molecule has 0 saturated carbocycles. The second kappa shape index (κ2) is 2.88. The lowest BCUT2D eigenvalue weighted by Gasteiger charge is -2.14. The Morgan fingerprint density at radius 3 is 2.90 bits per heavy atom. The summed E-state index contributed by atoms with van der Waals surface area (Å²) in [5.74, 6) is 0.896. The van der Waals surface area contributed by atoms with E-state index in [2.05, 4.69) is 12.7 Å². The lowest BCUT2D eigenvalue weighted by molar-refractivity contribution is -0.423. The van der Waals surface area contributed by atoms with Crippen molar-refractivity contribution in [3.05, 3.63) is 24.0 Å². The Morgan fingerprint density at radius 2 is 2.50 bits per heavy atom. The van der Waals surface area contributed by atoms with E-state index < -0.39 is 0 Å². The van der Waals surface area contributed by atoms with Crippen molar-refractivity contribution in [3.63, 3.8) is 0 Å².